The molecule has 5 nitrogen and oxygen atoms in total. The van der Waals surface area contributed by atoms with Crippen LogP contribution in [0.1, 0.15) is 15.9 Å². The topological polar surface area (TPSA) is 98.6 Å². The van der Waals surface area contributed by atoms with Crippen LogP contribution in [0.5, 0.6) is 11.5 Å². The number of hydrogen-bond donors (Lipinski definition) is 3. The van der Waals surface area contributed by atoms with E-state index in [1.807, 2.05) is 0 Å². The molecule has 0 radical (unpaired) electrons. The van der Waals surface area contributed by atoms with Gasteiger partial charge in [-0.15, -0.1) is 0 Å². The average molecular weight is 258 g/mol. The van der Waals surface area contributed by atoms with E-state index in [2.05, 4.69) is 0 Å². The van der Waals surface area contributed by atoms with E-state index in [9.17, 15) is 4.79 Å². The summed E-state index contributed by atoms with van der Waals surface area (Å²) < 4.78 is 5.59. The van der Waals surface area contributed by atoms with Crippen LogP contribution in [0, 0.1) is 0 Å². The molecular formula is C14H14N2O3. The van der Waals surface area contributed by atoms with Gasteiger partial charge in [-0.1, -0.05) is 12.1 Å². The van der Waals surface area contributed by atoms with E-state index < -0.39 is 5.91 Å². The average Bonchev–Trinajstić information content (AvgIpc) is 2.42. The molecule has 0 fully saturated rings. The fourth-order valence-corrected chi connectivity index (χ4v) is 1.57. The number of nitrogen functional groups attached to an aromatic ring is 1. The van der Waals surface area contributed by atoms with Crippen molar-refractivity contribution in [1.29, 1.82) is 0 Å². The summed E-state index contributed by atoms with van der Waals surface area (Å²) in [4.78, 5) is 11.1. The number of anilines is 1. The van der Waals surface area contributed by atoms with Crippen LogP contribution in [-0.2, 0) is 6.61 Å². The minimum atomic E-state index is -0.541. The second-order valence-electron chi connectivity index (χ2n) is 4.02. The van der Waals surface area contributed by atoms with Gasteiger partial charge in [-0.2, -0.15) is 0 Å². The predicted octanol–water partition coefficient (Wildman–Crippen LogP) is 1.65. The van der Waals surface area contributed by atoms with Crippen LogP contribution in [0.25, 0.3) is 0 Å². The van der Waals surface area contributed by atoms with Crippen molar-refractivity contribution < 1.29 is 14.6 Å². The van der Waals surface area contributed by atoms with Gasteiger partial charge in [-0.25, -0.2) is 0 Å². The molecule has 2 aromatic rings. The maximum absolute atomic E-state index is 11.1. The molecule has 19 heavy (non-hydrogen) atoms. The fourth-order valence-electron chi connectivity index (χ4n) is 1.57. The van der Waals surface area contributed by atoms with Gasteiger partial charge in [0.25, 0.3) is 0 Å². The van der Waals surface area contributed by atoms with Crippen molar-refractivity contribution in [2.75, 3.05) is 5.73 Å². The second-order valence-corrected chi connectivity index (χ2v) is 4.02. The number of ether oxygens (including phenoxy) is 1. The molecule has 2 rings (SSSR count). The highest BCUT2D eigenvalue weighted by Gasteiger charge is 2.07. The van der Waals surface area contributed by atoms with E-state index in [1.54, 1.807) is 36.4 Å². The maximum atomic E-state index is 11.1. The zero-order chi connectivity index (χ0) is 13.8. The molecule has 98 valence electrons. The molecule has 0 heterocycles. The van der Waals surface area contributed by atoms with Crippen molar-refractivity contribution in [2.45, 2.75) is 6.61 Å². The van der Waals surface area contributed by atoms with E-state index >= 15 is 0 Å². The monoisotopic (exact) mass is 258 g/mol. The smallest absolute Gasteiger partial charge is 0.248 e. The van der Waals surface area contributed by atoms with E-state index in [0.29, 0.717) is 22.7 Å². The zero-order valence-corrected chi connectivity index (χ0v) is 10.2. The van der Waals surface area contributed by atoms with Gasteiger partial charge in [0.1, 0.15) is 5.75 Å². The Kier molecular flexibility index (Phi) is 3.68. The van der Waals surface area contributed by atoms with Gasteiger partial charge in [-0.3, -0.25) is 4.79 Å². The van der Waals surface area contributed by atoms with Crippen LogP contribution >= 0.6 is 0 Å². The Labute approximate surface area is 110 Å². The van der Waals surface area contributed by atoms with Crippen molar-refractivity contribution >= 4 is 11.6 Å². The summed E-state index contributed by atoms with van der Waals surface area (Å²) in [5.74, 6) is 0.388. The summed E-state index contributed by atoms with van der Waals surface area (Å²) in [6.07, 6.45) is 0. The van der Waals surface area contributed by atoms with Crippen molar-refractivity contribution in [3.63, 3.8) is 0 Å². The number of carbonyl (C=O) groups is 1. The summed E-state index contributed by atoms with van der Waals surface area (Å²) in [6.45, 7) is -0.0282. The summed E-state index contributed by atoms with van der Waals surface area (Å²) in [5, 5.41) is 8.95. The summed E-state index contributed by atoms with van der Waals surface area (Å²) >= 11 is 0. The lowest BCUT2D eigenvalue weighted by molar-refractivity contribution is 0.1000. The largest absolute Gasteiger partial charge is 0.455 e. The summed E-state index contributed by atoms with van der Waals surface area (Å²) in [6, 6.07) is 11.5. The normalized spacial score (nSPS) is 10.2. The SMILES string of the molecule is NC(=O)c1ccc(N)c(Oc2ccc(CO)cc2)c1. The van der Waals surface area contributed by atoms with Gasteiger partial charge in [0.2, 0.25) is 5.91 Å². The zero-order valence-electron chi connectivity index (χ0n) is 10.2. The number of rotatable bonds is 4. The molecule has 0 aromatic heterocycles. The van der Waals surface area contributed by atoms with Crippen LogP contribution in [0.3, 0.4) is 0 Å². The van der Waals surface area contributed by atoms with E-state index in [-0.39, 0.29) is 6.61 Å². The van der Waals surface area contributed by atoms with E-state index in [1.165, 1.54) is 6.07 Å². The van der Waals surface area contributed by atoms with Gasteiger partial charge in [-0.05, 0) is 35.9 Å². The third kappa shape index (κ3) is 3.02. The highest BCUT2D eigenvalue weighted by Crippen LogP contribution is 2.28. The molecule has 0 aliphatic heterocycles. The van der Waals surface area contributed by atoms with Gasteiger partial charge in [0.15, 0.2) is 5.75 Å². The number of amides is 1. The Bertz CT molecular complexity index is 594. The van der Waals surface area contributed by atoms with E-state index in [0.717, 1.165) is 5.56 Å². The molecule has 0 aliphatic carbocycles. The lowest BCUT2D eigenvalue weighted by Gasteiger charge is -2.09. The first kappa shape index (κ1) is 12.9. The van der Waals surface area contributed by atoms with Crippen molar-refractivity contribution in [1.82, 2.24) is 0 Å². The first-order chi connectivity index (χ1) is 9.10. The Morgan fingerprint density at radius 1 is 1.16 bits per heavy atom. The van der Waals surface area contributed by atoms with Crippen LogP contribution in [0.2, 0.25) is 0 Å². The van der Waals surface area contributed by atoms with Crippen molar-refractivity contribution in [2.24, 2.45) is 5.73 Å². The molecule has 1 amide bonds. The standard InChI is InChI=1S/C14H14N2O3/c15-12-6-3-10(14(16)18)7-13(12)19-11-4-1-9(8-17)2-5-11/h1-7,17H,8,15H2,(H2,16,18). The molecule has 0 bridgehead atoms. The van der Waals surface area contributed by atoms with E-state index in [4.69, 9.17) is 21.3 Å². The van der Waals surface area contributed by atoms with Crippen molar-refractivity contribution in [3.8, 4) is 11.5 Å². The molecule has 0 atom stereocenters. The molecule has 5 N–H and O–H groups in total. The predicted molar refractivity (Wildman–Crippen MR) is 71.8 cm³/mol. The number of nitrogens with two attached hydrogens (primary N) is 2. The van der Waals surface area contributed by atoms with Crippen LogP contribution < -0.4 is 16.2 Å². The lowest BCUT2D eigenvalue weighted by Crippen LogP contribution is -2.11. The molecule has 0 saturated heterocycles. The maximum Gasteiger partial charge on any atom is 0.248 e. The fraction of sp³-hybridized carbons (Fsp3) is 0.0714. The number of carbonyl (C=O) groups excluding carboxylic acids is 1. The van der Waals surface area contributed by atoms with Gasteiger partial charge in [0.05, 0.1) is 12.3 Å². The molecule has 2 aromatic carbocycles. The first-order valence-corrected chi connectivity index (χ1v) is 5.67. The molecule has 0 aliphatic rings. The number of benzene rings is 2. The Hall–Kier alpha value is -2.53. The summed E-state index contributed by atoms with van der Waals surface area (Å²) in [7, 11) is 0. The molecule has 0 spiro atoms. The van der Waals surface area contributed by atoms with Crippen LogP contribution in [0.15, 0.2) is 42.5 Å². The Morgan fingerprint density at radius 2 is 1.84 bits per heavy atom. The highest BCUT2D eigenvalue weighted by atomic mass is 16.5. The third-order valence-electron chi connectivity index (χ3n) is 2.63. The second kappa shape index (κ2) is 5.41. The number of primary amides is 1. The Morgan fingerprint density at radius 3 is 2.42 bits per heavy atom. The quantitative estimate of drug-likeness (QED) is 0.726. The molecule has 0 unspecified atom stereocenters. The summed E-state index contributed by atoms with van der Waals surface area (Å²) in [5.41, 5.74) is 12.5. The number of aliphatic hydroxyl groups is 1. The van der Waals surface area contributed by atoms with Crippen LogP contribution in [-0.4, -0.2) is 11.0 Å². The third-order valence-corrected chi connectivity index (χ3v) is 2.63. The molecular weight excluding hydrogens is 244 g/mol. The van der Waals surface area contributed by atoms with Crippen molar-refractivity contribution in [3.05, 3.63) is 53.6 Å². The number of hydrogen-bond acceptors (Lipinski definition) is 4. The van der Waals surface area contributed by atoms with Gasteiger partial charge in [0, 0.05) is 5.56 Å². The van der Waals surface area contributed by atoms with Gasteiger partial charge < -0.3 is 21.3 Å². The molecule has 5 heteroatoms. The Balaban J connectivity index is 2.26. The minimum absolute atomic E-state index is 0.0282. The molecule has 0 saturated carbocycles. The number of aliphatic hydroxyl groups excluding tert-OH is 1. The van der Waals surface area contributed by atoms with Crippen LogP contribution in [0.4, 0.5) is 5.69 Å². The highest BCUT2D eigenvalue weighted by molar-refractivity contribution is 5.93. The minimum Gasteiger partial charge on any atom is -0.455 e. The van der Waals surface area contributed by atoms with Gasteiger partial charge >= 0.3 is 0 Å². The lowest BCUT2D eigenvalue weighted by atomic mass is 10.2. The first-order valence-electron chi connectivity index (χ1n) is 5.67.